The second-order valence-electron chi connectivity index (χ2n) is 4.90. The van der Waals surface area contributed by atoms with Gasteiger partial charge in [-0.25, -0.2) is 13.6 Å². The van der Waals surface area contributed by atoms with Crippen LogP contribution in [0.1, 0.15) is 19.8 Å². The number of urea groups is 1. The number of hydrogen-bond acceptors (Lipinski definition) is 3. The van der Waals surface area contributed by atoms with E-state index in [4.69, 9.17) is 0 Å². The Morgan fingerprint density at radius 2 is 2.11 bits per heavy atom. The highest BCUT2D eigenvalue weighted by Crippen LogP contribution is 2.26. The lowest BCUT2D eigenvalue weighted by Crippen LogP contribution is -2.46. The number of nitrogens with one attached hydrogen (secondary N) is 1. The maximum Gasteiger partial charge on any atom is 0.324 e. The number of likely N-dealkylation sites (tertiary alicyclic amines) is 1. The molecule has 5 nitrogen and oxygen atoms in total. The molecule has 102 valence electrons. The van der Waals surface area contributed by atoms with Crippen molar-refractivity contribution in [1.29, 1.82) is 0 Å². The average molecular weight is 261 g/mol. The van der Waals surface area contributed by atoms with E-state index in [-0.39, 0.29) is 25.4 Å². The van der Waals surface area contributed by atoms with Crippen LogP contribution in [0.2, 0.25) is 0 Å². The van der Waals surface area contributed by atoms with Gasteiger partial charge in [0.25, 0.3) is 11.8 Å². The Labute approximate surface area is 104 Å². The minimum atomic E-state index is -2.65. The molecule has 2 saturated heterocycles. The maximum absolute atomic E-state index is 13.2. The zero-order chi connectivity index (χ0) is 13.3. The van der Waals surface area contributed by atoms with E-state index in [0.29, 0.717) is 19.5 Å². The minimum absolute atomic E-state index is 0.0797. The molecule has 2 aliphatic rings. The van der Waals surface area contributed by atoms with Gasteiger partial charge in [-0.15, -0.1) is 0 Å². The number of carbonyl (C=O) groups is 2. The highest BCUT2D eigenvalue weighted by molar-refractivity contribution is 6.03. The Morgan fingerprint density at radius 1 is 1.39 bits per heavy atom. The van der Waals surface area contributed by atoms with Crippen molar-refractivity contribution in [2.45, 2.75) is 31.7 Å². The van der Waals surface area contributed by atoms with Gasteiger partial charge in [-0.1, -0.05) is 0 Å². The van der Waals surface area contributed by atoms with E-state index in [1.165, 1.54) is 0 Å². The highest BCUT2D eigenvalue weighted by atomic mass is 19.3. The number of nitrogens with zero attached hydrogens (tertiary/aromatic N) is 2. The molecule has 2 heterocycles. The molecule has 0 bridgehead atoms. The monoisotopic (exact) mass is 261 g/mol. The van der Waals surface area contributed by atoms with E-state index in [1.807, 2.05) is 0 Å². The zero-order valence-corrected chi connectivity index (χ0v) is 10.3. The van der Waals surface area contributed by atoms with Crippen LogP contribution in [0.4, 0.5) is 13.6 Å². The van der Waals surface area contributed by atoms with Gasteiger partial charge in [0, 0.05) is 19.5 Å². The summed E-state index contributed by atoms with van der Waals surface area (Å²) in [5.74, 6) is -2.94. The molecule has 3 amide bonds. The van der Waals surface area contributed by atoms with Crippen LogP contribution in [0.25, 0.3) is 0 Å². The van der Waals surface area contributed by atoms with Crippen molar-refractivity contribution in [3.63, 3.8) is 0 Å². The van der Waals surface area contributed by atoms with Crippen LogP contribution in [0, 0.1) is 0 Å². The number of halogens is 2. The minimum Gasteiger partial charge on any atom is -0.326 e. The Morgan fingerprint density at radius 3 is 2.67 bits per heavy atom. The molecule has 0 spiro atoms. The van der Waals surface area contributed by atoms with Crippen LogP contribution in [-0.4, -0.2) is 59.9 Å². The first kappa shape index (κ1) is 13.2. The van der Waals surface area contributed by atoms with Crippen LogP contribution >= 0.6 is 0 Å². The van der Waals surface area contributed by atoms with Gasteiger partial charge < -0.3 is 5.32 Å². The van der Waals surface area contributed by atoms with Crippen LogP contribution in [0.5, 0.6) is 0 Å². The van der Waals surface area contributed by atoms with Gasteiger partial charge in [0.2, 0.25) is 0 Å². The fourth-order valence-corrected chi connectivity index (χ4v) is 2.35. The van der Waals surface area contributed by atoms with Gasteiger partial charge in [0.05, 0.1) is 6.54 Å². The second-order valence-corrected chi connectivity index (χ2v) is 4.90. The number of alkyl halides is 2. The first-order chi connectivity index (χ1) is 8.39. The summed E-state index contributed by atoms with van der Waals surface area (Å²) in [6, 6.07) is -0.948. The summed E-state index contributed by atoms with van der Waals surface area (Å²) in [6.07, 6.45) is 0.368. The molecule has 0 saturated carbocycles. The Balaban J connectivity index is 1.85. The first-order valence-corrected chi connectivity index (χ1v) is 6.11. The fourth-order valence-electron chi connectivity index (χ4n) is 2.35. The molecule has 0 aliphatic carbocycles. The summed E-state index contributed by atoms with van der Waals surface area (Å²) in [5.41, 5.74) is 0. The summed E-state index contributed by atoms with van der Waals surface area (Å²) in [7, 11) is 0. The SMILES string of the molecule is CC1NC(=O)N(CCN2CCCC(F)(F)C2)C1=O. The van der Waals surface area contributed by atoms with Crippen LogP contribution in [0.15, 0.2) is 0 Å². The Hall–Kier alpha value is -1.24. The quantitative estimate of drug-likeness (QED) is 0.759. The molecule has 0 aromatic heterocycles. The maximum atomic E-state index is 13.2. The Bertz CT molecular complexity index is 362. The summed E-state index contributed by atoms with van der Waals surface area (Å²) < 4.78 is 26.3. The molecule has 0 aromatic carbocycles. The van der Waals surface area contributed by atoms with Crippen LogP contribution in [-0.2, 0) is 4.79 Å². The number of hydrogen-bond donors (Lipinski definition) is 1. The van der Waals surface area contributed by atoms with Crippen LogP contribution in [0.3, 0.4) is 0 Å². The summed E-state index contributed by atoms with van der Waals surface area (Å²) in [6.45, 7) is 2.39. The summed E-state index contributed by atoms with van der Waals surface area (Å²) >= 11 is 0. The van der Waals surface area contributed by atoms with Crippen molar-refractivity contribution < 1.29 is 18.4 Å². The lowest BCUT2D eigenvalue weighted by atomic mass is 10.1. The predicted molar refractivity (Wildman–Crippen MR) is 60.3 cm³/mol. The van der Waals surface area contributed by atoms with Crippen molar-refractivity contribution in [2.75, 3.05) is 26.2 Å². The molecule has 2 aliphatic heterocycles. The van der Waals surface area contributed by atoms with Crippen molar-refractivity contribution in [3.05, 3.63) is 0 Å². The summed E-state index contributed by atoms with van der Waals surface area (Å²) in [5, 5.41) is 2.49. The molecule has 1 N–H and O–H groups in total. The van der Waals surface area contributed by atoms with Crippen LogP contribution < -0.4 is 5.32 Å². The van der Waals surface area contributed by atoms with Gasteiger partial charge in [0.15, 0.2) is 0 Å². The Kier molecular flexibility index (Phi) is 3.52. The van der Waals surface area contributed by atoms with E-state index in [0.717, 1.165) is 4.90 Å². The van der Waals surface area contributed by atoms with E-state index in [1.54, 1.807) is 11.8 Å². The first-order valence-electron chi connectivity index (χ1n) is 6.11. The van der Waals surface area contributed by atoms with Crippen molar-refractivity contribution in [1.82, 2.24) is 15.1 Å². The number of amides is 3. The zero-order valence-electron chi connectivity index (χ0n) is 10.3. The normalized spacial score (nSPS) is 28.6. The largest absolute Gasteiger partial charge is 0.326 e. The van der Waals surface area contributed by atoms with E-state index >= 15 is 0 Å². The third kappa shape index (κ3) is 2.77. The van der Waals surface area contributed by atoms with Gasteiger partial charge in [-0.3, -0.25) is 14.6 Å². The molecule has 18 heavy (non-hydrogen) atoms. The average Bonchev–Trinajstić information content (AvgIpc) is 2.50. The van der Waals surface area contributed by atoms with E-state index < -0.39 is 18.0 Å². The smallest absolute Gasteiger partial charge is 0.324 e. The van der Waals surface area contributed by atoms with Gasteiger partial charge in [-0.05, 0) is 19.9 Å². The molecule has 2 rings (SSSR count). The lowest BCUT2D eigenvalue weighted by Gasteiger charge is -2.32. The molecule has 0 aromatic rings. The number of rotatable bonds is 3. The van der Waals surface area contributed by atoms with Gasteiger partial charge >= 0.3 is 6.03 Å². The van der Waals surface area contributed by atoms with Gasteiger partial charge in [0.1, 0.15) is 6.04 Å². The van der Waals surface area contributed by atoms with Crippen molar-refractivity contribution in [2.24, 2.45) is 0 Å². The molecule has 2 fully saturated rings. The molecule has 7 heteroatoms. The standard InChI is InChI=1S/C11H17F2N3O2/c1-8-9(17)16(10(18)14-8)6-5-15-4-2-3-11(12,13)7-15/h8H,2-7H2,1H3,(H,14,18). The van der Waals surface area contributed by atoms with Crippen molar-refractivity contribution in [3.8, 4) is 0 Å². The van der Waals surface area contributed by atoms with E-state index in [2.05, 4.69) is 5.32 Å². The third-order valence-corrected chi connectivity index (χ3v) is 3.33. The lowest BCUT2D eigenvalue weighted by molar-refractivity contribution is -0.127. The predicted octanol–water partition coefficient (Wildman–Crippen LogP) is 0.658. The topological polar surface area (TPSA) is 52.7 Å². The molecular weight excluding hydrogens is 244 g/mol. The second kappa shape index (κ2) is 4.79. The molecule has 1 unspecified atom stereocenters. The van der Waals surface area contributed by atoms with E-state index in [9.17, 15) is 18.4 Å². The highest BCUT2D eigenvalue weighted by Gasteiger charge is 2.37. The molecular formula is C11H17F2N3O2. The number of imide groups is 1. The number of carbonyl (C=O) groups excluding carboxylic acids is 2. The third-order valence-electron chi connectivity index (χ3n) is 3.33. The number of piperidine rings is 1. The summed E-state index contributed by atoms with van der Waals surface area (Å²) in [4.78, 5) is 25.7. The fraction of sp³-hybridized carbons (Fsp3) is 0.818. The van der Waals surface area contributed by atoms with Crippen molar-refractivity contribution >= 4 is 11.9 Å². The molecule has 0 radical (unpaired) electrons. The van der Waals surface area contributed by atoms with Gasteiger partial charge in [-0.2, -0.15) is 0 Å². The molecule has 1 atom stereocenters.